The molecular formula is C20H23NO2. The number of hydrogen-bond acceptors (Lipinski definition) is 3. The Balaban J connectivity index is 1.82. The summed E-state index contributed by atoms with van der Waals surface area (Å²) in [7, 11) is 0. The van der Waals surface area contributed by atoms with Crippen molar-refractivity contribution in [1.29, 1.82) is 0 Å². The zero-order valence-corrected chi connectivity index (χ0v) is 13.3. The molecule has 2 aromatic rings. The second-order valence-corrected chi connectivity index (χ2v) is 5.71. The minimum absolute atomic E-state index is 0.676. The first-order valence-corrected chi connectivity index (χ1v) is 7.95. The highest BCUT2D eigenvalue weighted by Gasteiger charge is 2.00. The second-order valence-electron chi connectivity index (χ2n) is 5.71. The number of carbonyl (C=O) groups is 1. The second kappa shape index (κ2) is 8.91. The van der Waals surface area contributed by atoms with Gasteiger partial charge in [0.2, 0.25) is 0 Å². The Morgan fingerprint density at radius 1 is 0.957 bits per heavy atom. The van der Waals surface area contributed by atoms with E-state index in [1.54, 1.807) is 0 Å². The summed E-state index contributed by atoms with van der Waals surface area (Å²) in [4.78, 5) is 10.7. The summed E-state index contributed by atoms with van der Waals surface area (Å²) in [6, 6.07) is 16.2. The summed E-state index contributed by atoms with van der Waals surface area (Å²) >= 11 is 0. The molecule has 0 spiro atoms. The SMILES string of the molecule is C=C(CCCCCc1ccc(-c2ccc(C=O)cc2)cc1)NO. The third kappa shape index (κ3) is 5.38. The molecule has 2 N–H and O–H groups in total. The maximum Gasteiger partial charge on any atom is 0.150 e. The first-order valence-electron chi connectivity index (χ1n) is 7.95. The number of aryl methyl sites for hydroxylation is 1. The number of hydrogen-bond donors (Lipinski definition) is 2. The van der Waals surface area contributed by atoms with Crippen molar-refractivity contribution in [2.24, 2.45) is 0 Å². The Bertz CT molecular complexity index is 630. The molecule has 23 heavy (non-hydrogen) atoms. The first kappa shape index (κ1) is 17.0. The molecule has 2 aromatic carbocycles. The van der Waals surface area contributed by atoms with Gasteiger partial charge in [0.15, 0.2) is 0 Å². The molecule has 0 aliphatic carbocycles. The number of aldehydes is 1. The molecule has 0 unspecified atom stereocenters. The molecule has 120 valence electrons. The highest BCUT2D eigenvalue weighted by Crippen LogP contribution is 2.21. The maximum atomic E-state index is 10.7. The highest BCUT2D eigenvalue weighted by atomic mass is 16.5. The van der Waals surface area contributed by atoms with E-state index in [0.717, 1.165) is 49.5 Å². The lowest BCUT2D eigenvalue weighted by Crippen LogP contribution is -2.04. The lowest BCUT2D eigenvalue weighted by molar-refractivity contribution is 0.112. The number of unbranched alkanes of at least 4 members (excludes halogenated alkanes) is 2. The molecule has 0 aliphatic heterocycles. The molecule has 0 saturated carbocycles. The Morgan fingerprint density at radius 3 is 2.13 bits per heavy atom. The van der Waals surface area contributed by atoms with Crippen molar-refractivity contribution in [3.05, 3.63) is 71.9 Å². The molecule has 0 fully saturated rings. The van der Waals surface area contributed by atoms with E-state index in [-0.39, 0.29) is 0 Å². The van der Waals surface area contributed by atoms with Crippen molar-refractivity contribution < 1.29 is 10.0 Å². The van der Waals surface area contributed by atoms with Gasteiger partial charge in [-0.05, 0) is 42.4 Å². The van der Waals surface area contributed by atoms with Crippen LogP contribution in [0.5, 0.6) is 0 Å². The number of rotatable bonds is 9. The van der Waals surface area contributed by atoms with Crippen molar-refractivity contribution in [2.75, 3.05) is 0 Å². The number of nitrogens with one attached hydrogen (secondary N) is 1. The van der Waals surface area contributed by atoms with Crippen LogP contribution in [0.2, 0.25) is 0 Å². The molecule has 2 rings (SSSR count). The van der Waals surface area contributed by atoms with Crippen LogP contribution in [0.15, 0.2) is 60.8 Å². The standard InChI is InChI=1S/C20H23NO2/c1-16(21-23)5-3-2-4-6-17-7-11-19(12-8-17)20-13-9-18(15-22)10-14-20/h7-15,21,23H,1-6H2. The summed E-state index contributed by atoms with van der Waals surface area (Å²) in [6.07, 6.45) is 6.02. The first-order chi connectivity index (χ1) is 11.2. The zero-order chi connectivity index (χ0) is 16.5. The normalized spacial score (nSPS) is 10.3. The van der Waals surface area contributed by atoms with Crippen molar-refractivity contribution in [3.8, 4) is 11.1 Å². The van der Waals surface area contributed by atoms with E-state index in [9.17, 15) is 4.79 Å². The monoisotopic (exact) mass is 309 g/mol. The molecule has 0 radical (unpaired) electrons. The molecule has 0 aromatic heterocycles. The van der Waals surface area contributed by atoms with Gasteiger partial charge in [-0.1, -0.05) is 61.5 Å². The van der Waals surface area contributed by atoms with Gasteiger partial charge in [-0.15, -0.1) is 0 Å². The third-order valence-electron chi connectivity index (χ3n) is 3.94. The van der Waals surface area contributed by atoms with E-state index >= 15 is 0 Å². The van der Waals surface area contributed by atoms with Crippen LogP contribution in [-0.2, 0) is 6.42 Å². The van der Waals surface area contributed by atoms with Gasteiger partial charge in [-0.2, -0.15) is 0 Å². The Morgan fingerprint density at radius 2 is 1.57 bits per heavy atom. The van der Waals surface area contributed by atoms with Crippen molar-refractivity contribution in [3.63, 3.8) is 0 Å². The van der Waals surface area contributed by atoms with Crippen LogP contribution in [0.1, 0.15) is 41.6 Å². The Labute approximate surface area is 137 Å². The molecule has 0 bridgehead atoms. The minimum Gasteiger partial charge on any atom is -0.298 e. The smallest absolute Gasteiger partial charge is 0.150 e. The highest BCUT2D eigenvalue weighted by molar-refractivity contribution is 5.76. The van der Waals surface area contributed by atoms with Gasteiger partial charge in [0, 0.05) is 11.3 Å². The predicted molar refractivity (Wildman–Crippen MR) is 93.5 cm³/mol. The van der Waals surface area contributed by atoms with Gasteiger partial charge in [0.1, 0.15) is 6.29 Å². The summed E-state index contributed by atoms with van der Waals surface area (Å²) in [6.45, 7) is 3.70. The maximum absolute atomic E-state index is 10.7. The van der Waals surface area contributed by atoms with Gasteiger partial charge in [-0.25, -0.2) is 0 Å². The van der Waals surface area contributed by atoms with Crippen molar-refractivity contribution in [1.82, 2.24) is 5.48 Å². The quantitative estimate of drug-likeness (QED) is 0.399. The summed E-state index contributed by atoms with van der Waals surface area (Å²) < 4.78 is 0. The molecule has 0 atom stereocenters. The minimum atomic E-state index is 0.676. The van der Waals surface area contributed by atoms with Crippen molar-refractivity contribution >= 4 is 6.29 Å². The van der Waals surface area contributed by atoms with Crippen LogP contribution in [0.25, 0.3) is 11.1 Å². The fourth-order valence-corrected chi connectivity index (χ4v) is 2.52. The number of hydroxylamine groups is 1. The largest absolute Gasteiger partial charge is 0.298 e. The van der Waals surface area contributed by atoms with Gasteiger partial charge in [0.25, 0.3) is 0 Å². The summed E-state index contributed by atoms with van der Waals surface area (Å²) in [5.41, 5.74) is 7.08. The van der Waals surface area contributed by atoms with Gasteiger partial charge in [0.05, 0.1) is 0 Å². The molecule has 0 amide bonds. The summed E-state index contributed by atoms with van der Waals surface area (Å²) in [5.74, 6) is 0. The van der Waals surface area contributed by atoms with Gasteiger partial charge in [-0.3, -0.25) is 15.5 Å². The van der Waals surface area contributed by atoms with Gasteiger partial charge < -0.3 is 0 Å². The predicted octanol–water partition coefficient (Wildman–Crippen LogP) is 4.76. The third-order valence-corrected chi connectivity index (χ3v) is 3.94. The molecule has 0 heterocycles. The van der Waals surface area contributed by atoms with Crippen LogP contribution in [0.4, 0.5) is 0 Å². The fourth-order valence-electron chi connectivity index (χ4n) is 2.52. The average molecular weight is 309 g/mol. The lowest BCUT2D eigenvalue weighted by atomic mass is 10.0. The molecular weight excluding hydrogens is 286 g/mol. The molecule has 0 aliphatic rings. The molecule has 3 nitrogen and oxygen atoms in total. The fraction of sp³-hybridized carbons (Fsp3) is 0.250. The van der Waals surface area contributed by atoms with Gasteiger partial charge >= 0.3 is 0 Å². The number of benzene rings is 2. The van der Waals surface area contributed by atoms with Crippen LogP contribution >= 0.6 is 0 Å². The molecule has 0 saturated heterocycles. The zero-order valence-electron chi connectivity index (χ0n) is 13.3. The van der Waals surface area contributed by atoms with Crippen molar-refractivity contribution in [2.45, 2.75) is 32.1 Å². The average Bonchev–Trinajstić information content (AvgIpc) is 2.62. The lowest BCUT2D eigenvalue weighted by Gasteiger charge is -2.06. The van der Waals surface area contributed by atoms with E-state index in [1.165, 1.54) is 5.56 Å². The topological polar surface area (TPSA) is 49.3 Å². The van der Waals surface area contributed by atoms with Crippen LogP contribution in [-0.4, -0.2) is 11.5 Å². The molecule has 3 heteroatoms. The van der Waals surface area contributed by atoms with E-state index in [1.807, 2.05) is 24.3 Å². The van der Waals surface area contributed by atoms with E-state index in [4.69, 9.17) is 5.21 Å². The van der Waals surface area contributed by atoms with Crippen LogP contribution in [0, 0.1) is 0 Å². The number of carbonyl (C=O) groups excluding carboxylic acids is 1. The number of allylic oxidation sites excluding steroid dienone is 1. The van der Waals surface area contributed by atoms with E-state index in [2.05, 4.69) is 36.3 Å². The Kier molecular flexibility index (Phi) is 6.57. The van der Waals surface area contributed by atoms with Crippen LogP contribution in [0.3, 0.4) is 0 Å². The summed E-state index contributed by atoms with van der Waals surface area (Å²) in [5, 5.41) is 8.65. The van der Waals surface area contributed by atoms with E-state index in [0.29, 0.717) is 11.3 Å². The van der Waals surface area contributed by atoms with Crippen LogP contribution < -0.4 is 5.48 Å². The Hall–Kier alpha value is -2.39. The van der Waals surface area contributed by atoms with E-state index < -0.39 is 0 Å².